The second kappa shape index (κ2) is 6.91. The first-order chi connectivity index (χ1) is 8.44. The van der Waals surface area contributed by atoms with Crippen molar-refractivity contribution >= 4 is 0 Å². The molecule has 1 aromatic rings. The van der Waals surface area contributed by atoms with Crippen LogP contribution in [0.15, 0.2) is 30.3 Å². The van der Waals surface area contributed by atoms with Crippen LogP contribution in [-0.4, -0.2) is 17.8 Å². The number of benzene rings is 1. The minimum Gasteiger partial charge on any atom is -0.390 e. The number of aliphatic hydroxyl groups excluding tert-OH is 1. The van der Waals surface area contributed by atoms with Crippen LogP contribution in [0.3, 0.4) is 0 Å². The van der Waals surface area contributed by atoms with Crippen molar-refractivity contribution in [2.24, 2.45) is 5.41 Å². The van der Waals surface area contributed by atoms with E-state index in [1.54, 1.807) is 0 Å². The average molecular weight is 250 g/mol. The summed E-state index contributed by atoms with van der Waals surface area (Å²) in [6, 6.07) is 9.98. The van der Waals surface area contributed by atoms with Gasteiger partial charge in [-0.1, -0.05) is 51.1 Å². The van der Waals surface area contributed by atoms with Crippen molar-refractivity contribution in [2.45, 2.75) is 52.7 Å². The maximum absolute atomic E-state index is 10.3. The Morgan fingerprint density at radius 3 is 2.28 bits per heavy atom. The smallest absolute Gasteiger partial charge is 0.108 e. The van der Waals surface area contributed by atoms with Gasteiger partial charge in [0.2, 0.25) is 0 Å². The highest BCUT2D eigenvalue weighted by molar-refractivity contribution is 5.18. The van der Waals surface area contributed by atoms with Gasteiger partial charge in [0.05, 0.1) is 6.10 Å². The van der Waals surface area contributed by atoms with E-state index >= 15 is 0 Å². The molecule has 1 aromatic carbocycles. The van der Waals surface area contributed by atoms with Crippen LogP contribution in [0.25, 0.3) is 0 Å². The Bertz CT molecular complexity index is 327. The fraction of sp³-hybridized carbons (Fsp3) is 0.625. The van der Waals surface area contributed by atoms with Gasteiger partial charge in [0, 0.05) is 6.61 Å². The van der Waals surface area contributed by atoms with E-state index in [1.807, 2.05) is 37.3 Å². The number of hydrogen-bond donors (Lipinski definition) is 1. The molecule has 2 heteroatoms. The van der Waals surface area contributed by atoms with Gasteiger partial charge in [-0.25, -0.2) is 0 Å². The zero-order chi connectivity index (χ0) is 13.6. The molecule has 2 nitrogen and oxygen atoms in total. The zero-order valence-corrected chi connectivity index (χ0v) is 12.0. The molecule has 0 radical (unpaired) electrons. The molecule has 102 valence electrons. The lowest BCUT2D eigenvalue weighted by atomic mass is 9.87. The van der Waals surface area contributed by atoms with E-state index in [2.05, 4.69) is 20.8 Å². The Morgan fingerprint density at radius 1 is 1.17 bits per heavy atom. The number of ether oxygens (including phenoxy) is 1. The standard InChI is InChI=1S/C16H26O2/c1-5-18-15(13-9-7-6-8-10-13)14(17)11-12-16(2,3)4/h6-10,14-15,17H,5,11-12H2,1-4H3. The Kier molecular flexibility index (Phi) is 5.83. The molecule has 0 amide bonds. The van der Waals surface area contributed by atoms with Crippen molar-refractivity contribution in [1.82, 2.24) is 0 Å². The molecule has 0 aliphatic rings. The summed E-state index contributed by atoms with van der Waals surface area (Å²) in [6.45, 7) is 9.16. The molecule has 0 heterocycles. The molecule has 2 unspecified atom stereocenters. The molecular formula is C16H26O2. The fourth-order valence-electron chi connectivity index (χ4n) is 1.98. The molecule has 2 atom stereocenters. The highest BCUT2D eigenvalue weighted by Crippen LogP contribution is 2.28. The molecule has 1 N–H and O–H groups in total. The maximum atomic E-state index is 10.3. The first-order valence-corrected chi connectivity index (χ1v) is 6.78. The largest absolute Gasteiger partial charge is 0.390 e. The highest BCUT2D eigenvalue weighted by Gasteiger charge is 2.23. The maximum Gasteiger partial charge on any atom is 0.108 e. The van der Waals surface area contributed by atoms with Crippen LogP contribution in [0.4, 0.5) is 0 Å². The third kappa shape index (κ3) is 5.19. The summed E-state index contributed by atoms with van der Waals surface area (Å²) >= 11 is 0. The lowest BCUT2D eigenvalue weighted by Crippen LogP contribution is -2.23. The molecule has 0 fully saturated rings. The van der Waals surface area contributed by atoms with E-state index in [0.29, 0.717) is 6.61 Å². The van der Waals surface area contributed by atoms with Crippen LogP contribution in [0.5, 0.6) is 0 Å². The van der Waals surface area contributed by atoms with Crippen LogP contribution >= 0.6 is 0 Å². The molecule has 0 aliphatic heterocycles. The number of hydrogen-bond acceptors (Lipinski definition) is 2. The SMILES string of the molecule is CCOC(c1ccccc1)C(O)CCC(C)(C)C. The summed E-state index contributed by atoms with van der Waals surface area (Å²) in [5.74, 6) is 0. The van der Waals surface area contributed by atoms with Gasteiger partial charge in [0.15, 0.2) is 0 Å². The lowest BCUT2D eigenvalue weighted by Gasteiger charge is -2.26. The van der Waals surface area contributed by atoms with Gasteiger partial charge in [-0.3, -0.25) is 0 Å². The molecule has 18 heavy (non-hydrogen) atoms. The summed E-state index contributed by atoms with van der Waals surface area (Å²) in [5, 5.41) is 10.3. The van der Waals surface area contributed by atoms with E-state index < -0.39 is 6.10 Å². The molecule has 0 saturated carbocycles. The van der Waals surface area contributed by atoms with Crippen LogP contribution in [0.1, 0.15) is 52.2 Å². The van der Waals surface area contributed by atoms with Gasteiger partial charge in [-0.15, -0.1) is 0 Å². The summed E-state index contributed by atoms with van der Waals surface area (Å²) in [7, 11) is 0. The van der Waals surface area contributed by atoms with Gasteiger partial charge in [-0.05, 0) is 30.7 Å². The first kappa shape index (κ1) is 15.2. The third-order valence-electron chi connectivity index (χ3n) is 3.01. The van der Waals surface area contributed by atoms with Crippen molar-refractivity contribution < 1.29 is 9.84 Å². The van der Waals surface area contributed by atoms with Gasteiger partial charge >= 0.3 is 0 Å². The molecule has 0 aromatic heterocycles. The molecule has 0 saturated heterocycles. The van der Waals surface area contributed by atoms with E-state index in [-0.39, 0.29) is 11.5 Å². The molecule has 1 rings (SSSR count). The van der Waals surface area contributed by atoms with Crippen LogP contribution < -0.4 is 0 Å². The van der Waals surface area contributed by atoms with Gasteiger partial charge in [-0.2, -0.15) is 0 Å². The summed E-state index contributed by atoms with van der Waals surface area (Å²) < 4.78 is 5.71. The quantitative estimate of drug-likeness (QED) is 0.828. The van der Waals surface area contributed by atoms with Crippen molar-refractivity contribution in [3.63, 3.8) is 0 Å². The van der Waals surface area contributed by atoms with E-state index in [0.717, 1.165) is 18.4 Å². The second-order valence-electron chi connectivity index (χ2n) is 5.95. The van der Waals surface area contributed by atoms with E-state index in [1.165, 1.54) is 0 Å². The van der Waals surface area contributed by atoms with Crippen molar-refractivity contribution in [2.75, 3.05) is 6.61 Å². The number of rotatable bonds is 6. The van der Waals surface area contributed by atoms with Gasteiger partial charge in [0.1, 0.15) is 6.10 Å². The lowest BCUT2D eigenvalue weighted by molar-refractivity contribution is -0.0413. The molecule has 0 aliphatic carbocycles. The molecule has 0 bridgehead atoms. The summed E-state index contributed by atoms with van der Waals surface area (Å²) in [5.41, 5.74) is 1.30. The zero-order valence-electron chi connectivity index (χ0n) is 12.0. The predicted molar refractivity (Wildman–Crippen MR) is 75.5 cm³/mol. The highest BCUT2D eigenvalue weighted by atomic mass is 16.5. The number of aliphatic hydroxyl groups is 1. The minimum absolute atomic E-state index is 0.210. The second-order valence-corrected chi connectivity index (χ2v) is 5.95. The normalized spacial score (nSPS) is 15.4. The summed E-state index contributed by atoms with van der Waals surface area (Å²) in [6.07, 6.45) is 1.11. The topological polar surface area (TPSA) is 29.5 Å². The van der Waals surface area contributed by atoms with Crippen LogP contribution in [0.2, 0.25) is 0 Å². The average Bonchev–Trinajstić information content (AvgIpc) is 2.33. The Hall–Kier alpha value is -0.860. The Balaban J connectivity index is 2.67. The summed E-state index contributed by atoms with van der Waals surface area (Å²) in [4.78, 5) is 0. The predicted octanol–water partition coefficient (Wildman–Crippen LogP) is 3.95. The van der Waals surface area contributed by atoms with Gasteiger partial charge in [0.25, 0.3) is 0 Å². The van der Waals surface area contributed by atoms with E-state index in [4.69, 9.17) is 4.74 Å². The molecular weight excluding hydrogens is 224 g/mol. The Morgan fingerprint density at radius 2 is 1.78 bits per heavy atom. The monoisotopic (exact) mass is 250 g/mol. The minimum atomic E-state index is -0.438. The van der Waals surface area contributed by atoms with Gasteiger partial charge < -0.3 is 9.84 Å². The fourth-order valence-corrected chi connectivity index (χ4v) is 1.98. The third-order valence-corrected chi connectivity index (χ3v) is 3.01. The molecule has 0 spiro atoms. The van der Waals surface area contributed by atoms with Crippen molar-refractivity contribution in [3.8, 4) is 0 Å². The van der Waals surface area contributed by atoms with Crippen LogP contribution in [0, 0.1) is 5.41 Å². The van der Waals surface area contributed by atoms with Crippen molar-refractivity contribution in [1.29, 1.82) is 0 Å². The first-order valence-electron chi connectivity index (χ1n) is 6.78. The Labute approximate surface area is 111 Å². The van der Waals surface area contributed by atoms with Crippen LogP contribution in [-0.2, 0) is 4.74 Å². The van der Waals surface area contributed by atoms with E-state index in [9.17, 15) is 5.11 Å². The van der Waals surface area contributed by atoms with Crippen molar-refractivity contribution in [3.05, 3.63) is 35.9 Å².